The van der Waals surface area contributed by atoms with E-state index >= 15 is 0 Å². The molecule has 0 aliphatic carbocycles. The summed E-state index contributed by atoms with van der Waals surface area (Å²) in [6, 6.07) is 6.88. The van der Waals surface area contributed by atoms with E-state index in [4.69, 9.17) is 10.5 Å². The SMILES string of the molecule is CCN(CCOC)S(=O)(=O)Cc1ccc(N)cc1. The molecule has 5 nitrogen and oxygen atoms in total. The standard InChI is InChI=1S/C12H20N2O3S/c1-3-14(8-9-17-2)18(15,16)10-11-4-6-12(13)7-5-11/h4-7H,3,8-10,13H2,1-2H3. The average molecular weight is 272 g/mol. The highest BCUT2D eigenvalue weighted by molar-refractivity contribution is 7.88. The summed E-state index contributed by atoms with van der Waals surface area (Å²) in [5, 5.41) is 0. The number of nitrogens with zero attached hydrogens (tertiary/aromatic N) is 1. The molecule has 102 valence electrons. The lowest BCUT2D eigenvalue weighted by molar-refractivity contribution is 0.180. The molecule has 0 unspecified atom stereocenters. The van der Waals surface area contributed by atoms with Crippen molar-refractivity contribution in [2.24, 2.45) is 0 Å². The average Bonchev–Trinajstić information content (AvgIpc) is 2.32. The van der Waals surface area contributed by atoms with E-state index in [1.807, 2.05) is 6.92 Å². The Kier molecular flexibility index (Phi) is 5.58. The van der Waals surface area contributed by atoms with E-state index in [0.717, 1.165) is 5.56 Å². The van der Waals surface area contributed by atoms with Crippen LogP contribution in [0, 0.1) is 0 Å². The molecule has 0 atom stereocenters. The second kappa shape index (κ2) is 6.72. The van der Waals surface area contributed by atoms with Gasteiger partial charge in [0.25, 0.3) is 0 Å². The number of hydrogen-bond donors (Lipinski definition) is 1. The second-order valence-electron chi connectivity index (χ2n) is 3.98. The molecule has 0 aromatic heterocycles. The van der Waals surface area contributed by atoms with Crippen molar-refractivity contribution in [2.45, 2.75) is 12.7 Å². The second-order valence-corrected chi connectivity index (χ2v) is 5.95. The summed E-state index contributed by atoms with van der Waals surface area (Å²) in [6.45, 7) is 3.04. The van der Waals surface area contributed by atoms with E-state index in [0.29, 0.717) is 25.4 Å². The van der Waals surface area contributed by atoms with Gasteiger partial charge in [-0.3, -0.25) is 0 Å². The maximum Gasteiger partial charge on any atom is 0.218 e. The van der Waals surface area contributed by atoms with E-state index in [1.54, 1.807) is 31.4 Å². The van der Waals surface area contributed by atoms with Gasteiger partial charge in [0.15, 0.2) is 0 Å². The normalized spacial score (nSPS) is 11.9. The van der Waals surface area contributed by atoms with Gasteiger partial charge in [0.2, 0.25) is 10.0 Å². The zero-order valence-electron chi connectivity index (χ0n) is 10.8. The number of benzene rings is 1. The van der Waals surface area contributed by atoms with Crippen LogP contribution in [0.3, 0.4) is 0 Å². The van der Waals surface area contributed by atoms with Gasteiger partial charge in [-0.05, 0) is 17.7 Å². The molecule has 1 aromatic carbocycles. The fraction of sp³-hybridized carbons (Fsp3) is 0.500. The Morgan fingerprint density at radius 1 is 1.28 bits per heavy atom. The molecule has 6 heteroatoms. The number of hydrogen-bond acceptors (Lipinski definition) is 4. The maximum atomic E-state index is 12.2. The monoisotopic (exact) mass is 272 g/mol. The van der Waals surface area contributed by atoms with Crippen LogP contribution in [0.2, 0.25) is 0 Å². The highest BCUT2D eigenvalue weighted by atomic mass is 32.2. The first-order valence-electron chi connectivity index (χ1n) is 5.80. The highest BCUT2D eigenvalue weighted by Gasteiger charge is 2.20. The fourth-order valence-corrected chi connectivity index (χ4v) is 3.15. The highest BCUT2D eigenvalue weighted by Crippen LogP contribution is 2.12. The van der Waals surface area contributed by atoms with Crippen LogP contribution in [0.4, 0.5) is 5.69 Å². The Morgan fingerprint density at radius 2 is 1.89 bits per heavy atom. The van der Waals surface area contributed by atoms with Crippen molar-refractivity contribution in [2.75, 3.05) is 32.5 Å². The Labute approximate surface area is 109 Å². The Morgan fingerprint density at radius 3 is 2.39 bits per heavy atom. The van der Waals surface area contributed by atoms with Crippen LogP contribution in [0.25, 0.3) is 0 Å². The van der Waals surface area contributed by atoms with Crippen LogP contribution in [-0.4, -0.2) is 39.5 Å². The van der Waals surface area contributed by atoms with Crippen molar-refractivity contribution in [3.8, 4) is 0 Å². The summed E-state index contributed by atoms with van der Waals surface area (Å²) in [5.41, 5.74) is 6.93. The Bertz CT molecular complexity index is 457. The zero-order valence-corrected chi connectivity index (χ0v) is 11.6. The molecule has 0 amide bonds. The lowest BCUT2D eigenvalue weighted by Crippen LogP contribution is -2.34. The van der Waals surface area contributed by atoms with E-state index in [2.05, 4.69) is 0 Å². The summed E-state index contributed by atoms with van der Waals surface area (Å²) >= 11 is 0. The number of sulfonamides is 1. The number of nitrogens with two attached hydrogens (primary N) is 1. The van der Waals surface area contributed by atoms with Crippen molar-refractivity contribution in [1.82, 2.24) is 4.31 Å². The molecule has 2 N–H and O–H groups in total. The van der Waals surface area contributed by atoms with Gasteiger partial charge < -0.3 is 10.5 Å². The van der Waals surface area contributed by atoms with Crippen molar-refractivity contribution >= 4 is 15.7 Å². The van der Waals surface area contributed by atoms with Crippen LogP contribution >= 0.6 is 0 Å². The number of methoxy groups -OCH3 is 1. The van der Waals surface area contributed by atoms with Crippen LogP contribution in [0.1, 0.15) is 12.5 Å². The molecule has 1 aromatic rings. The van der Waals surface area contributed by atoms with Gasteiger partial charge in [0.05, 0.1) is 12.4 Å². The molecular formula is C12H20N2O3S. The van der Waals surface area contributed by atoms with Crippen molar-refractivity contribution in [3.05, 3.63) is 29.8 Å². The maximum absolute atomic E-state index is 12.2. The molecule has 0 bridgehead atoms. The zero-order chi connectivity index (χ0) is 13.6. The van der Waals surface area contributed by atoms with Gasteiger partial charge in [-0.25, -0.2) is 8.42 Å². The predicted molar refractivity (Wildman–Crippen MR) is 72.6 cm³/mol. The van der Waals surface area contributed by atoms with Crippen molar-refractivity contribution in [3.63, 3.8) is 0 Å². The summed E-state index contributed by atoms with van der Waals surface area (Å²) < 4.78 is 30.7. The van der Waals surface area contributed by atoms with Crippen LogP contribution in [-0.2, 0) is 20.5 Å². The van der Waals surface area contributed by atoms with Gasteiger partial charge in [0.1, 0.15) is 0 Å². The summed E-state index contributed by atoms with van der Waals surface area (Å²) in [5.74, 6) is -0.00909. The number of nitrogen functional groups attached to an aromatic ring is 1. The third-order valence-electron chi connectivity index (χ3n) is 2.62. The molecule has 0 aliphatic heterocycles. The van der Waals surface area contributed by atoms with Gasteiger partial charge in [0, 0.05) is 25.9 Å². The summed E-state index contributed by atoms with van der Waals surface area (Å²) in [7, 11) is -1.74. The van der Waals surface area contributed by atoms with E-state index in [-0.39, 0.29) is 5.75 Å². The van der Waals surface area contributed by atoms with Gasteiger partial charge >= 0.3 is 0 Å². The molecule has 0 aliphatic rings. The lowest BCUT2D eigenvalue weighted by Gasteiger charge is -2.20. The topological polar surface area (TPSA) is 72.6 Å². The first-order valence-corrected chi connectivity index (χ1v) is 7.41. The third-order valence-corrected chi connectivity index (χ3v) is 4.55. The molecule has 18 heavy (non-hydrogen) atoms. The van der Waals surface area contributed by atoms with Crippen molar-refractivity contribution < 1.29 is 13.2 Å². The molecule has 0 saturated heterocycles. The van der Waals surface area contributed by atoms with Crippen LogP contribution in [0.5, 0.6) is 0 Å². The van der Waals surface area contributed by atoms with Crippen LogP contribution < -0.4 is 5.73 Å². The fourth-order valence-electron chi connectivity index (χ4n) is 1.60. The largest absolute Gasteiger partial charge is 0.399 e. The molecule has 0 spiro atoms. The minimum atomic E-state index is -3.30. The van der Waals surface area contributed by atoms with Crippen molar-refractivity contribution in [1.29, 1.82) is 0 Å². The molecule has 0 saturated carbocycles. The minimum Gasteiger partial charge on any atom is -0.399 e. The quantitative estimate of drug-likeness (QED) is 0.754. The van der Waals surface area contributed by atoms with E-state index in [9.17, 15) is 8.42 Å². The third kappa shape index (κ3) is 4.29. The smallest absolute Gasteiger partial charge is 0.218 e. The van der Waals surface area contributed by atoms with Crippen LogP contribution in [0.15, 0.2) is 24.3 Å². The van der Waals surface area contributed by atoms with E-state index in [1.165, 1.54) is 4.31 Å². The molecule has 0 heterocycles. The first kappa shape index (κ1) is 14.9. The molecule has 0 radical (unpaired) electrons. The number of rotatable bonds is 7. The minimum absolute atomic E-state index is 0.00909. The summed E-state index contributed by atoms with van der Waals surface area (Å²) in [4.78, 5) is 0. The Balaban J connectivity index is 2.76. The summed E-state index contributed by atoms with van der Waals surface area (Å²) in [6.07, 6.45) is 0. The molecular weight excluding hydrogens is 252 g/mol. The number of ether oxygens (including phenoxy) is 1. The van der Waals surface area contributed by atoms with E-state index < -0.39 is 10.0 Å². The van der Waals surface area contributed by atoms with Gasteiger partial charge in [-0.15, -0.1) is 0 Å². The Hall–Kier alpha value is -1.11. The predicted octanol–water partition coefficient (Wildman–Crippen LogP) is 1.07. The number of likely N-dealkylation sites (N-methyl/N-ethyl adjacent to an activating group) is 1. The molecule has 1 rings (SSSR count). The van der Waals surface area contributed by atoms with Gasteiger partial charge in [-0.2, -0.15) is 4.31 Å². The number of anilines is 1. The van der Waals surface area contributed by atoms with Gasteiger partial charge in [-0.1, -0.05) is 19.1 Å². The lowest BCUT2D eigenvalue weighted by atomic mass is 10.2. The molecule has 0 fully saturated rings. The first-order chi connectivity index (χ1) is 8.49.